The van der Waals surface area contributed by atoms with Gasteiger partial charge in [-0.15, -0.1) is 0 Å². The lowest BCUT2D eigenvalue weighted by Crippen LogP contribution is -2.28. The van der Waals surface area contributed by atoms with Crippen LogP contribution >= 0.6 is 15.9 Å². The third-order valence-corrected chi connectivity index (χ3v) is 2.50. The molecule has 0 aliphatic rings. The number of aromatic nitrogens is 1. The molecule has 0 aromatic carbocycles. The molecule has 16 heavy (non-hydrogen) atoms. The molecule has 0 saturated heterocycles. The van der Waals surface area contributed by atoms with Gasteiger partial charge >= 0.3 is 0 Å². The van der Waals surface area contributed by atoms with E-state index in [2.05, 4.69) is 26.2 Å². The second-order valence-corrected chi connectivity index (χ2v) is 5.10. The van der Waals surface area contributed by atoms with Crippen LogP contribution in [-0.4, -0.2) is 10.9 Å². The first-order valence-corrected chi connectivity index (χ1v) is 5.52. The van der Waals surface area contributed by atoms with Crippen molar-refractivity contribution in [3.8, 4) is 6.07 Å². The van der Waals surface area contributed by atoms with Crippen LogP contribution < -0.4 is 5.32 Å². The first-order chi connectivity index (χ1) is 7.34. The Morgan fingerprint density at radius 1 is 1.50 bits per heavy atom. The molecule has 0 spiro atoms. The molecule has 0 aliphatic heterocycles. The zero-order chi connectivity index (χ0) is 12.3. The van der Waals surface area contributed by atoms with Crippen LogP contribution in [0.5, 0.6) is 0 Å². The van der Waals surface area contributed by atoms with Gasteiger partial charge in [0.25, 0.3) is 0 Å². The monoisotopic (exact) mass is 281 g/mol. The summed E-state index contributed by atoms with van der Waals surface area (Å²) >= 11 is 3.16. The van der Waals surface area contributed by atoms with Crippen molar-refractivity contribution in [3.63, 3.8) is 0 Å². The number of carbonyl (C=O) groups is 1. The number of rotatable bonds is 1. The van der Waals surface area contributed by atoms with Crippen molar-refractivity contribution in [2.24, 2.45) is 5.41 Å². The third-order valence-electron chi connectivity index (χ3n) is 1.89. The van der Waals surface area contributed by atoms with Crippen LogP contribution in [0.3, 0.4) is 0 Å². The molecule has 1 aromatic heterocycles. The Balaban J connectivity index is 2.89. The van der Waals surface area contributed by atoms with E-state index in [9.17, 15) is 4.79 Å². The molecule has 1 N–H and O–H groups in total. The van der Waals surface area contributed by atoms with Gasteiger partial charge in [-0.05, 0) is 28.1 Å². The molecule has 0 bridgehead atoms. The lowest BCUT2D eigenvalue weighted by atomic mass is 9.96. The van der Waals surface area contributed by atoms with Crippen molar-refractivity contribution in [1.82, 2.24) is 4.98 Å². The second kappa shape index (κ2) is 4.62. The molecule has 0 saturated carbocycles. The van der Waals surface area contributed by atoms with E-state index < -0.39 is 5.41 Å². The van der Waals surface area contributed by atoms with Gasteiger partial charge in [0.05, 0.1) is 5.56 Å². The lowest BCUT2D eigenvalue weighted by molar-refractivity contribution is -0.123. The highest BCUT2D eigenvalue weighted by Gasteiger charge is 2.21. The molecular formula is C11H12BrN3O. The average molecular weight is 282 g/mol. The molecule has 0 fully saturated rings. The number of amides is 1. The summed E-state index contributed by atoms with van der Waals surface area (Å²) in [7, 11) is 0. The third kappa shape index (κ3) is 3.04. The van der Waals surface area contributed by atoms with Crippen molar-refractivity contribution in [1.29, 1.82) is 5.26 Å². The van der Waals surface area contributed by atoms with E-state index in [1.165, 1.54) is 0 Å². The fraction of sp³-hybridized carbons (Fsp3) is 0.364. The first kappa shape index (κ1) is 12.7. The molecule has 0 radical (unpaired) electrons. The van der Waals surface area contributed by atoms with E-state index in [0.29, 0.717) is 16.0 Å². The fourth-order valence-electron chi connectivity index (χ4n) is 0.891. The highest BCUT2D eigenvalue weighted by atomic mass is 79.9. The molecule has 1 aromatic rings. The number of anilines is 1. The molecule has 0 atom stereocenters. The van der Waals surface area contributed by atoms with Crippen LogP contribution in [0, 0.1) is 16.7 Å². The molecule has 4 nitrogen and oxygen atoms in total. The number of nitrogens with one attached hydrogen (secondary N) is 1. The molecular weight excluding hydrogens is 270 g/mol. The minimum absolute atomic E-state index is 0.114. The van der Waals surface area contributed by atoms with Crippen molar-refractivity contribution in [2.75, 3.05) is 5.32 Å². The van der Waals surface area contributed by atoms with Gasteiger partial charge in [0.1, 0.15) is 16.5 Å². The maximum Gasteiger partial charge on any atom is 0.230 e. The van der Waals surface area contributed by atoms with E-state index >= 15 is 0 Å². The smallest absolute Gasteiger partial charge is 0.230 e. The zero-order valence-corrected chi connectivity index (χ0v) is 10.9. The summed E-state index contributed by atoms with van der Waals surface area (Å²) in [4.78, 5) is 15.7. The normalized spacial score (nSPS) is 10.7. The number of nitrogens with zero attached hydrogens (tertiary/aromatic N) is 2. The molecule has 84 valence electrons. The van der Waals surface area contributed by atoms with E-state index in [0.717, 1.165) is 0 Å². The van der Waals surface area contributed by atoms with Gasteiger partial charge in [0.15, 0.2) is 0 Å². The van der Waals surface area contributed by atoms with E-state index in [4.69, 9.17) is 5.26 Å². The van der Waals surface area contributed by atoms with Gasteiger partial charge in [-0.2, -0.15) is 5.26 Å². The Labute approximate surface area is 103 Å². The number of halogens is 1. The SMILES string of the molecule is CC(C)(C)C(=O)Nc1ccc(C#N)c(Br)n1. The predicted octanol–water partition coefficient (Wildman–Crippen LogP) is 2.70. The molecule has 1 amide bonds. The highest BCUT2D eigenvalue weighted by molar-refractivity contribution is 9.10. The maximum absolute atomic E-state index is 11.7. The Morgan fingerprint density at radius 3 is 2.56 bits per heavy atom. The van der Waals surface area contributed by atoms with Crippen LogP contribution in [0.2, 0.25) is 0 Å². The lowest BCUT2D eigenvalue weighted by Gasteiger charge is -2.17. The number of hydrogen-bond acceptors (Lipinski definition) is 3. The zero-order valence-electron chi connectivity index (χ0n) is 9.34. The Hall–Kier alpha value is -1.41. The van der Waals surface area contributed by atoms with Crippen molar-refractivity contribution >= 4 is 27.7 Å². The summed E-state index contributed by atoms with van der Waals surface area (Å²) in [6.07, 6.45) is 0. The maximum atomic E-state index is 11.7. The second-order valence-electron chi connectivity index (χ2n) is 4.35. The van der Waals surface area contributed by atoms with Gasteiger partial charge in [0.2, 0.25) is 5.91 Å². The molecule has 5 heteroatoms. The minimum atomic E-state index is -0.470. The van der Waals surface area contributed by atoms with E-state index in [-0.39, 0.29) is 5.91 Å². The van der Waals surface area contributed by atoms with Crippen LogP contribution in [0.15, 0.2) is 16.7 Å². The van der Waals surface area contributed by atoms with Crippen molar-refractivity contribution in [2.45, 2.75) is 20.8 Å². The number of nitriles is 1. The van der Waals surface area contributed by atoms with Crippen molar-refractivity contribution in [3.05, 3.63) is 22.3 Å². The summed E-state index contributed by atoms with van der Waals surface area (Å²) in [6.45, 7) is 5.46. The average Bonchev–Trinajstić information content (AvgIpc) is 2.16. The van der Waals surface area contributed by atoms with E-state index in [1.807, 2.05) is 26.8 Å². The van der Waals surface area contributed by atoms with E-state index in [1.54, 1.807) is 12.1 Å². The Bertz CT molecular complexity index is 457. The first-order valence-electron chi connectivity index (χ1n) is 4.72. The van der Waals surface area contributed by atoms with Gasteiger partial charge in [-0.1, -0.05) is 20.8 Å². The summed E-state index contributed by atoms with van der Waals surface area (Å²) in [6, 6.07) is 5.19. The van der Waals surface area contributed by atoms with Crippen LogP contribution in [0.1, 0.15) is 26.3 Å². The molecule has 1 heterocycles. The Morgan fingerprint density at radius 2 is 2.12 bits per heavy atom. The highest BCUT2D eigenvalue weighted by Crippen LogP contribution is 2.19. The summed E-state index contributed by atoms with van der Waals surface area (Å²) in [5.74, 6) is 0.322. The molecule has 0 aliphatic carbocycles. The van der Waals surface area contributed by atoms with Gasteiger partial charge < -0.3 is 5.32 Å². The van der Waals surface area contributed by atoms with Crippen LogP contribution in [-0.2, 0) is 4.79 Å². The number of hydrogen-bond donors (Lipinski definition) is 1. The minimum Gasteiger partial charge on any atom is -0.310 e. The van der Waals surface area contributed by atoms with Gasteiger partial charge in [0, 0.05) is 5.41 Å². The van der Waals surface area contributed by atoms with Gasteiger partial charge in [-0.3, -0.25) is 4.79 Å². The molecule has 1 rings (SSSR count). The molecule has 0 unspecified atom stereocenters. The van der Waals surface area contributed by atoms with Crippen molar-refractivity contribution < 1.29 is 4.79 Å². The standard InChI is InChI=1S/C11H12BrN3O/c1-11(2,3)10(16)15-8-5-4-7(6-13)9(12)14-8/h4-5H,1-3H3,(H,14,15,16). The van der Waals surface area contributed by atoms with Crippen LogP contribution in [0.25, 0.3) is 0 Å². The summed E-state index contributed by atoms with van der Waals surface area (Å²) in [5.41, 5.74) is -0.0315. The summed E-state index contributed by atoms with van der Waals surface area (Å²) < 4.78 is 0.432. The fourth-order valence-corrected chi connectivity index (χ4v) is 1.30. The largest absolute Gasteiger partial charge is 0.310 e. The Kier molecular flexibility index (Phi) is 3.66. The summed E-state index contributed by atoms with van der Waals surface area (Å²) in [5, 5.41) is 11.4. The number of carbonyl (C=O) groups excluding carboxylic acids is 1. The quantitative estimate of drug-likeness (QED) is 0.805. The predicted molar refractivity (Wildman–Crippen MR) is 64.7 cm³/mol. The van der Waals surface area contributed by atoms with Crippen LogP contribution in [0.4, 0.5) is 5.82 Å². The number of pyridine rings is 1. The topological polar surface area (TPSA) is 65.8 Å². The van der Waals surface area contributed by atoms with Gasteiger partial charge in [-0.25, -0.2) is 4.98 Å².